The number of morpholine rings is 2. The number of nitrogens with one attached hydrogen (secondary N) is 2. The summed E-state index contributed by atoms with van der Waals surface area (Å²) in [6, 6.07) is 41.5. The van der Waals surface area contributed by atoms with E-state index in [4.69, 9.17) is 18.9 Å². The van der Waals surface area contributed by atoms with Crippen molar-refractivity contribution in [2.45, 2.75) is 87.9 Å². The molecule has 8 unspecified atom stereocenters. The van der Waals surface area contributed by atoms with Crippen LogP contribution in [0.1, 0.15) is 35.1 Å². The van der Waals surface area contributed by atoms with Crippen LogP contribution >= 0.6 is 0 Å². The van der Waals surface area contributed by atoms with Gasteiger partial charge < -0.3 is 29.6 Å². The van der Waals surface area contributed by atoms with Gasteiger partial charge in [0.1, 0.15) is 12.2 Å². The van der Waals surface area contributed by atoms with Crippen molar-refractivity contribution < 1.29 is 28.5 Å². The predicted molar refractivity (Wildman–Crippen MR) is 204 cm³/mol. The van der Waals surface area contributed by atoms with Crippen LogP contribution in [0.5, 0.6) is 0 Å². The van der Waals surface area contributed by atoms with E-state index in [-0.39, 0.29) is 36.1 Å². The van der Waals surface area contributed by atoms with Gasteiger partial charge >= 0.3 is 0 Å². The minimum Gasteiger partial charge on any atom is -0.354 e. The Bertz CT molecular complexity index is 1670. The highest BCUT2D eigenvalue weighted by Gasteiger charge is 2.51. The minimum atomic E-state index is -0.667. The molecule has 2 N–H and O–H groups in total. The van der Waals surface area contributed by atoms with Gasteiger partial charge in [0.25, 0.3) is 11.8 Å². The van der Waals surface area contributed by atoms with Crippen molar-refractivity contribution in [3.05, 3.63) is 144 Å². The van der Waals surface area contributed by atoms with E-state index >= 15 is 0 Å². The quantitative estimate of drug-likeness (QED) is 0.173. The average Bonchev–Trinajstić information content (AvgIpc) is 3.75. The van der Waals surface area contributed by atoms with Crippen LogP contribution in [0, 0.1) is 0 Å². The van der Waals surface area contributed by atoms with Crippen molar-refractivity contribution in [1.82, 2.24) is 20.4 Å². The van der Waals surface area contributed by atoms with Gasteiger partial charge in [-0.3, -0.25) is 19.4 Å². The lowest BCUT2D eigenvalue weighted by Gasteiger charge is -2.39. The second-order valence-corrected chi connectivity index (χ2v) is 14.8. The van der Waals surface area contributed by atoms with E-state index in [1.807, 2.05) is 48.5 Å². The van der Waals surface area contributed by atoms with Gasteiger partial charge in [-0.05, 0) is 47.9 Å². The highest BCUT2D eigenvalue weighted by molar-refractivity contribution is 5.82. The molecule has 0 spiro atoms. The summed E-state index contributed by atoms with van der Waals surface area (Å²) < 4.78 is 25.3. The fraction of sp³-hybridized carbons (Fsp3) is 0.409. The van der Waals surface area contributed by atoms with E-state index in [1.54, 1.807) is 0 Å². The van der Waals surface area contributed by atoms with Gasteiger partial charge in [-0.2, -0.15) is 0 Å². The number of amides is 2. The third-order valence-corrected chi connectivity index (χ3v) is 11.0. The summed E-state index contributed by atoms with van der Waals surface area (Å²) in [6.07, 6.45) is -0.0268. The van der Waals surface area contributed by atoms with Crippen LogP contribution in [0.25, 0.3) is 0 Å². The van der Waals surface area contributed by atoms with E-state index in [0.29, 0.717) is 39.0 Å². The second-order valence-electron chi connectivity index (χ2n) is 14.8. The molecule has 4 saturated heterocycles. The third kappa shape index (κ3) is 8.76. The lowest BCUT2D eigenvalue weighted by atomic mass is 10.0. The Hall–Kier alpha value is -4.42. The maximum Gasteiger partial charge on any atom is 0.252 e. The molecule has 54 heavy (non-hydrogen) atoms. The van der Waals surface area contributed by atoms with Crippen LogP contribution in [0.15, 0.2) is 121 Å². The fourth-order valence-electron chi connectivity index (χ4n) is 8.23. The number of fused-ring (bicyclic) bond motifs is 4. The summed E-state index contributed by atoms with van der Waals surface area (Å²) >= 11 is 0. The molecule has 2 amide bonds. The number of hydrogen-bond acceptors (Lipinski definition) is 8. The predicted octanol–water partition coefficient (Wildman–Crippen LogP) is 4.47. The van der Waals surface area contributed by atoms with Gasteiger partial charge in [0, 0.05) is 39.3 Å². The van der Waals surface area contributed by atoms with Crippen molar-refractivity contribution in [3.8, 4) is 0 Å². The molecule has 282 valence electrons. The first-order valence-electron chi connectivity index (χ1n) is 19.4. The Morgan fingerprint density at radius 2 is 0.852 bits per heavy atom. The summed E-state index contributed by atoms with van der Waals surface area (Å²) in [5, 5.41) is 6.13. The number of benzene rings is 4. The first-order chi connectivity index (χ1) is 26.6. The van der Waals surface area contributed by atoms with Gasteiger partial charge in [0.05, 0.1) is 12.1 Å². The number of nitrogens with zero attached hydrogens (tertiary/aromatic N) is 2. The molecule has 4 aliphatic rings. The number of hydrogen-bond donors (Lipinski definition) is 2. The molecule has 8 atom stereocenters. The largest absolute Gasteiger partial charge is 0.354 e. The maximum absolute atomic E-state index is 13.4. The Balaban J connectivity index is 0.801. The zero-order chi connectivity index (χ0) is 36.7. The van der Waals surface area contributed by atoms with E-state index in [9.17, 15) is 9.59 Å². The molecule has 4 bridgehead atoms. The molecule has 4 aromatic rings. The smallest absolute Gasteiger partial charge is 0.252 e. The topological polar surface area (TPSA) is 102 Å². The Kier molecular flexibility index (Phi) is 11.8. The first kappa shape index (κ1) is 36.6. The van der Waals surface area contributed by atoms with Gasteiger partial charge in [-0.1, -0.05) is 121 Å². The van der Waals surface area contributed by atoms with Gasteiger partial charge in [0.2, 0.25) is 0 Å². The molecule has 4 heterocycles. The fourth-order valence-corrected chi connectivity index (χ4v) is 8.23. The van der Waals surface area contributed by atoms with Crippen LogP contribution in [-0.4, -0.2) is 96.9 Å². The number of ether oxygens (including phenoxy) is 4. The molecule has 0 aliphatic carbocycles. The van der Waals surface area contributed by atoms with Crippen LogP contribution < -0.4 is 10.6 Å². The van der Waals surface area contributed by atoms with Crippen molar-refractivity contribution in [2.75, 3.05) is 26.2 Å². The lowest BCUT2D eigenvalue weighted by Crippen LogP contribution is -2.53. The molecule has 0 aromatic heterocycles. The molecule has 0 saturated carbocycles. The molecule has 4 aromatic carbocycles. The summed E-state index contributed by atoms with van der Waals surface area (Å²) in [4.78, 5) is 31.6. The first-order valence-corrected chi connectivity index (χ1v) is 19.4. The summed E-state index contributed by atoms with van der Waals surface area (Å²) in [5.74, 6) is -0.305. The van der Waals surface area contributed by atoms with Crippen LogP contribution in [0.2, 0.25) is 0 Å². The number of carbonyl (C=O) groups is 2. The highest BCUT2D eigenvalue weighted by atomic mass is 16.7. The molecule has 8 rings (SSSR count). The molecule has 10 heteroatoms. The van der Waals surface area contributed by atoms with E-state index in [1.165, 1.54) is 22.3 Å². The molecule has 4 aliphatic heterocycles. The lowest BCUT2D eigenvalue weighted by molar-refractivity contribution is -0.152. The number of rotatable bonds is 15. The molecule has 4 fully saturated rings. The molecular weight excluding hydrogens is 681 g/mol. The van der Waals surface area contributed by atoms with E-state index in [2.05, 4.69) is 93.2 Å². The third-order valence-electron chi connectivity index (χ3n) is 11.0. The summed E-state index contributed by atoms with van der Waals surface area (Å²) in [6.45, 7) is 3.71. The standard InChI is InChI=1S/C44H50N4O6/c49-41(39-37-29-47(27-33-19-9-3-10-20-33)35(43(51-37)53-39)25-31-15-5-1-6-16-31)45-23-13-14-24-46-42(50)40-38-30-48(28-34-21-11-4-12-22-34)36(44(52-38)54-40)26-32-17-7-2-8-18-32/h1-12,15-22,35-40,43-44H,13-14,23-30H2,(H,45,49)(H,46,50). The minimum absolute atomic E-state index is 0.0132. The maximum atomic E-state index is 13.4. The average molecular weight is 731 g/mol. The van der Waals surface area contributed by atoms with Gasteiger partial charge in [0.15, 0.2) is 24.8 Å². The Morgan fingerprint density at radius 3 is 1.22 bits per heavy atom. The van der Waals surface area contributed by atoms with Crippen LogP contribution in [0.3, 0.4) is 0 Å². The molecule has 0 radical (unpaired) electrons. The van der Waals surface area contributed by atoms with Gasteiger partial charge in [-0.15, -0.1) is 0 Å². The number of unbranched alkanes of at least 4 members (excludes halogenated alkanes) is 1. The zero-order valence-electron chi connectivity index (χ0n) is 30.6. The Labute approximate surface area is 317 Å². The van der Waals surface area contributed by atoms with E-state index in [0.717, 1.165) is 25.9 Å². The highest BCUT2D eigenvalue weighted by Crippen LogP contribution is 2.35. The second kappa shape index (κ2) is 17.4. The molecular formula is C44H50N4O6. The summed E-state index contributed by atoms with van der Waals surface area (Å²) in [5.41, 5.74) is 4.85. The van der Waals surface area contributed by atoms with Crippen LogP contribution in [-0.2, 0) is 54.5 Å². The van der Waals surface area contributed by atoms with E-state index < -0.39 is 24.8 Å². The zero-order valence-corrected chi connectivity index (χ0v) is 30.6. The van der Waals surface area contributed by atoms with Crippen molar-refractivity contribution in [1.29, 1.82) is 0 Å². The van der Waals surface area contributed by atoms with Crippen molar-refractivity contribution >= 4 is 11.8 Å². The number of carbonyl (C=O) groups excluding carboxylic acids is 2. The summed E-state index contributed by atoms with van der Waals surface area (Å²) in [7, 11) is 0. The molecule has 10 nitrogen and oxygen atoms in total. The monoisotopic (exact) mass is 730 g/mol. The van der Waals surface area contributed by atoms with Crippen molar-refractivity contribution in [3.63, 3.8) is 0 Å². The van der Waals surface area contributed by atoms with Gasteiger partial charge in [-0.25, -0.2) is 0 Å². The Morgan fingerprint density at radius 1 is 0.500 bits per heavy atom. The van der Waals surface area contributed by atoms with Crippen LogP contribution in [0.4, 0.5) is 0 Å². The normalized spacial score (nSPS) is 27.8. The SMILES string of the molecule is O=C(NCCCCNC(=O)C1OC2OC1CN(Cc1ccccc1)C2Cc1ccccc1)C1OC2OC1CN(Cc1ccccc1)C2Cc1ccccc1. The van der Waals surface area contributed by atoms with Crippen molar-refractivity contribution in [2.24, 2.45) is 0 Å².